The minimum Gasteiger partial charge on any atom is -0.326 e. The molecule has 0 saturated carbocycles. The number of para-hydroxylation sites is 1. The third-order valence-electron chi connectivity index (χ3n) is 4.59. The van der Waals surface area contributed by atoms with Crippen molar-refractivity contribution in [1.29, 1.82) is 0 Å². The van der Waals surface area contributed by atoms with Gasteiger partial charge in [0.25, 0.3) is 0 Å². The number of hydrogen-bond donors (Lipinski definition) is 2. The molecular formula is C20H19N3O3S. The molecule has 0 aliphatic carbocycles. The molecule has 0 bridgehead atoms. The first-order chi connectivity index (χ1) is 13.1. The van der Waals surface area contributed by atoms with Crippen LogP contribution in [0.4, 0.5) is 17.1 Å². The van der Waals surface area contributed by atoms with Crippen LogP contribution in [0, 0.1) is 0 Å². The molecule has 27 heavy (non-hydrogen) atoms. The summed E-state index contributed by atoms with van der Waals surface area (Å²) in [5.41, 5.74) is 2.19. The van der Waals surface area contributed by atoms with Gasteiger partial charge in [0.1, 0.15) is 0 Å². The number of hydrogen-bond acceptors (Lipinski definition) is 4. The minimum atomic E-state index is -0.469. The van der Waals surface area contributed by atoms with Crippen molar-refractivity contribution in [2.45, 2.75) is 29.4 Å². The zero-order valence-corrected chi connectivity index (χ0v) is 15.4. The minimum absolute atomic E-state index is 0.0811. The van der Waals surface area contributed by atoms with Gasteiger partial charge in [0.05, 0.1) is 10.9 Å². The molecule has 0 spiro atoms. The Hall–Kier alpha value is -2.80. The second-order valence-corrected chi connectivity index (χ2v) is 7.79. The van der Waals surface area contributed by atoms with Gasteiger partial charge in [0.2, 0.25) is 17.7 Å². The van der Waals surface area contributed by atoms with Gasteiger partial charge in [-0.2, -0.15) is 0 Å². The Bertz CT molecular complexity index is 915. The summed E-state index contributed by atoms with van der Waals surface area (Å²) in [5, 5.41) is 5.22. The lowest BCUT2D eigenvalue weighted by atomic mass is 10.2. The number of anilines is 3. The first-order valence-corrected chi connectivity index (χ1v) is 9.75. The molecule has 2 N–H and O–H groups in total. The van der Waals surface area contributed by atoms with Gasteiger partial charge < -0.3 is 15.5 Å². The average molecular weight is 381 g/mol. The Morgan fingerprint density at radius 1 is 1.19 bits per heavy atom. The summed E-state index contributed by atoms with van der Waals surface area (Å²) in [5.74, 6) is -0.287. The molecule has 0 unspecified atom stereocenters. The highest BCUT2D eigenvalue weighted by molar-refractivity contribution is 8.01. The third-order valence-corrected chi connectivity index (χ3v) is 5.87. The van der Waals surface area contributed by atoms with E-state index in [1.165, 1.54) is 11.8 Å². The van der Waals surface area contributed by atoms with Crippen LogP contribution >= 0.6 is 11.8 Å². The zero-order chi connectivity index (χ0) is 18.8. The van der Waals surface area contributed by atoms with Crippen molar-refractivity contribution >= 4 is 46.5 Å². The molecule has 1 saturated heterocycles. The average Bonchev–Trinajstić information content (AvgIpc) is 3.08. The summed E-state index contributed by atoms with van der Waals surface area (Å²) in [6, 6.07) is 14.8. The van der Waals surface area contributed by atoms with E-state index in [4.69, 9.17) is 0 Å². The van der Waals surface area contributed by atoms with E-state index in [9.17, 15) is 14.4 Å². The number of amides is 3. The van der Waals surface area contributed by atoms with E-state index in [1.807, 2.05) is 36.4 Å². The van der Waals surface area contributed by atoms with Crippen LogP contribution in [-0.2, 0) is 14.4 Å². The second-order valence-electron chi connectivity index (χ2n) is 6.54. The van der Waals surface area contributed by atoms with Crippen molar-refractivity contribution in [3.05, 3.63) is 48.5 Å². The van der Waals surface area contributed by atoms with Crippen molar-refractivity contribution < 1.29 is 14.4 Å². The molecule has 6 nitrogen and oxygen atoms in total. The number of fused-ring (bicyclic) bond motifs is 1. The predicted octanol–water partition coefficient (Wildman–Crippen LogP) is 3.26. The Morgan fingerprint density at radius 2 is 2.04 bits per heavy atom. The van der Waals surface area contributed by atoms with Gasteiger partial charge in [-0.1, -0.05) is 18.2 Å². The van der Waals surface area contributed by atoms with Crippen LogP contribution in [0.25, 0.3) is 0 Å². The summed E-state index contributed by atoms with van der Waals surface area (Å²) in [6.07, 6.45) is 1.49. The Kier molecular flexibility index (Phi) is 4.85. The molecular weight excluding hydrogens is 362 g/mol. The van der Waals surface area contributed by atoms with Crippen molar-refractivity contribution in [1.82, 2.24) is 0 Å². The molecule has 3 amide bonds. The van der Waals surface area contributed by atoms with Gasteiger partial charge in [-0.25, -0.2) is 0 Å². The summed E-state index contributed by atoms with van der Waals surface area (Å²) in [7, 11) is 0. The van der Waals surface area contributed by atoms with Gasteiger partial charge in [-0.3, -0.25) is 14.4 Å². The maximum atomic E-state index is 12.5. The van der Waals surface area contributed by atoms with Crippen LogP contribution in [0.2, 0.25) is 0 Å². The number of carbonyl (C=O) groups excluding carboxylic acids is 3. The number of thioether (sulfide) groups is 1. The lowest BCUT2D eigenvalue weighted by Gasteiger charge is -2.23. The number of nitrogens with one attached hydrogen (secondary N) is 2. The largest absolute Gasteiger partial charge is 0.326 e. The second kappa shape index (κ2) is 7.44. The molecule has 2 aliphatic rings. The number of nitrogens with zero attached hydrogens (tertiary/aromatic N) is 1. The topological polar surface area (TPSA) is 78.5 Å². The van der Waals surface area contributed by atoms with Crippen LogP contribution in [0.1, 0.15) is 19.3 Å². The van der Waals surface area contributed by atoms with Gasteiger partial charge in [-0.15, -0.1) is 11.8 Å². The van der Waals surface area contributed by atoms with Crippen LogP contribution < -0.4 is 15.5 Å². The van der Waals surface area contributed by atoms with E-state index in [-0.39, 0.29) is 24.1 Å². The monoisotopic (exact) mass is 381 g/mol. The summed E-state index contributed by atoms with van der Waals surface area (Å²) in [6.45, 7) is 0.703. The molecule has 138 valence electrons. The fourth-order valence-corrected chi connectivity index (χ4v) is 4.39. The maximum Gasteiger partial charge on any atom is 0.238 e. The molecule has 1 atom stereocenters. The number of rotatable bonds is 4. The normalized spacial score (nSPS) is 18.8. The van der Waals surface area contributed by atoms with E-state index in [2.05, 4.69) is 10.6 Å². The van der Waals surface area contributed by atoms with E-state index < -0.39 is 5.25 Å². The number of benzene rings is 2. The van der Waals surface area contributed by atoms with Crippen molar-refractivity contribution in [2.24, 2.45) is 0 Å². The maximum absolute atomic E-state index is 12.5. The molecule has 2 aromatic carbocycles. The lowest BCUT2D eigenvalue weighted by Crippen LogP contribution is -2.32. The molecule has 0 aromatic heterocycles. The highest BCUT2D eigenvalue weighted by atomic mass is 32.2. The van der Waals surface area contributed by atoms with Gasteiger partial charge in [0.15, 0.2) is 0 Å². The Balaban J connectivity index is 1.41. The lowest BCUT2D eigenvalue weighted by molar-refractivity contribution is -0.120. The standard InChI is InChI=1S/C20H19N3O3S/c24-18(12-17-20(26)22-15-7-1-2-8-16(15)27-17)21-13-5-3-6-14(11-13)23-10-4-9-19(23)25/h1-3,5-8,11,17H,4,9-10,12H2,(H,21,24)(H,22,26)/t17-/m1/s1. The molecule has 7 heteroatoms. The fraction of sp³-hybridized carbons (Fsp3) is 0.250. The van der Waals surface area contributed by atoms with Crippen LogP contribution in [0.3, 0.4) is 0 Å². The summed E-state index contributed by atoms with van der Waals surface area (Å²) < 4.78 is 0. The van der Waals surface area contributed by atoms with E-state index >= 15 is 0 Å². The van der Waals surface area contributed by atoms with E-state index in [1.54, 1.807) is 17.0 Å². The van der Waals surface area contributed by atoms with Crippen LogP contribution in [0.15, 0.2) is 53.4 Å². The first kappa shape index (κ1) is 17.6. The molecule has 2 aliphatic heterocycles. The van der Waals surface area contributed by atoms with Gasteiger partial charge in [0, 0.05) is 35.7 Å². The highest BCUT2D eigenvalue weighted by Gasteiger charge is 2.29. The fourth-order valence-electron chi connectivity index (χ4n) is 3.28. The van der Waals surface area contributed by atoms with E-state index in [0.717, 1.165) is 22.7 Å². The molecule has 0 radical (unpaired) electrons. The van der Waals surface area contributed by atoms with Gasteiger partial charge >= 0.3 is 0 Å². The molecule has 2 heterocycles. The predicted molar refractivity (Wildman–Crippen MR) is 106 cm³/mol. The molecule has 1 fully saturated rings. The third kappa shape index (κ3) is 3.83. The summed E-state index contributed by atoms with van der Waals surface area (Å²) >= 11 is 1.40. The smallest absolute Gasteiger partial charge is 0.238 e. The van der Waals surface area contributed by atoms with Gasteiger partial charge in [-0.05, 0) is 36.8 Å². The zero-order valence-electron chi connectivity index (χ0n) is 14.6. The van der Waals surface area contributed by atoms with Crippen molar-refractivity contribution in [2.75, 3.05) is 22.1 Å². The van der Waals surface area contributed by atoms with E-state index in [0.29, 0.717) is 18.7 Å². The van der Waals surface area contributed by atoms with Crippen LogP contribution in [0.5, 0.6) is 0 Å². The van der Waals surface area contributed by atoms with Crippen molar-refractivity contribution in [3.8, 4) is 0 Å². The van der Waals surface area contributed by atoms with Crippen LogP contribution in [-0.4, -0.2) is 29.5 Å². The molecule has 4 rings (SSSR count). The van der Waals surface area contributed by atoms with Crippen molar-refractivity contribution in [3.63, 3.8) is 0 Å². The highest BCUT2D eigenvalue weighted by Crippen LogP contribution is 2.36. The first-order valence-electron chi connectivity index (χ1n) is 8.87. The number of carbonyl (C=O) groups is 3. The summed E-state index contributed by atoms with van der Waals surface area (Å²) in [4.78, 5) is 39.3. The Labute approximate surface area is 161 Å². The quantitative estimate of drug-likeness (QED) is 0.852. The SMILES string of the molecule is O=C(C[C@H]1Sc2ccccc2NC1=O)Nc1cccc(N2CCCC2=O)c1. The Morgan fingerprint density at radius 3 is 2.85 bits per heavy atom. The molecule has 2 aromatic rings.